The molecule has 27 heavy (non-hydrogen) atoms. The highest BCUT2D eigenvalue weighted by Gasteiger charge is 2.08. The van der Waals surface area contributed by atoms with Gasteiger partial charge in [0.25, 0.3) is 5.91 Å². The number of hydrogen-bond donors (Lipinski definition) is 2. The van der Waals surface area contributed by atoms with Crippen LogP contribution in [0.1, 0.15) is 10.4 Å². The number of rotatable bonds is 6. The van der Waals surface area contributed by atoms with E-state index in [-0.39, 0.29) is 5.91 Å². The number of pyridine rings is 1. The van der Waals surface area contributed by atoms with Crippen molar-refractivity contribution in [2.45, 2.75) is 0 Å². The third-order valence-corrected chi connectivity index (χ3v) is 3.80. The Morgan fingerprint density at radius 1 is 1.00 bits per heavy atom. The lowest BCUT2D eigenvalue weighted by molar-refractivity contribution is 0.102. The van der Waals surface area contributed by atoms with E-state index in [4.69, 9.17) is 9.47 Å². The topological polar surface area (TPSA) is 72.5 Å². The highest BCUT2D eigenvalue weighted by Crippen LogP contribution is 2.31. The smallest absolute Gasteiger partial charge is 0.256 e. The molecule has 3 rings (SSSR count). The van der Waals surface area contributed by atoms with Gasteiger partial charge in [0.15, 0.2) is 0 Å². The molecule has 0 radical (unpaired) electrons. The van der Waals surface area contributed by atoms with Crippen molar-refractivity contribution in [3.63, 3.8) is 0 Å². The Bertz CT molecular complexity index is 928. The van der Waals surface area contributed by atoms with Crippen LogP contribution in [0.3, 0.4) is 0 Å². The summed E-state index contributed by atoms with van der Waals surface area (Å²) < 4.78 is 23.5. The monoisotopic (exact) mass is 367 g/mol. The average Bonchev–Trinajstić information content (AvgIpc) is 2.70. The number of amides is 1. The van der Waals surface area contributed by atoms with Crippen LogP contribution in [0.25, 0.3) is 0 Å². The number of nitrogens with zero attached hydrogens (tertiary/aromatic N) is 1. The van der Waals surface area contributed by atoms with Crippen molar-refractivity contribution in [1.29, 1.82) is 0 Å². The molecule has 0 aliphatic carbocycles. The van der Waals surface area contributed by atoms with E-state index in [1.165, 1.54) is 24.3 Å². The molecule has 7 heteroatoms. The van der Waals surface area contributed by atoms with Crippen LogP contribution < -0.4 is 20.1 Å². The molecule has 0 saturated carbocycles. The third-order valence-electron chi connectivity index (χ3n) is 3.80. The molecule has 6 nitrogen and oxygen atoms in total. The third kappa shape index (κ3) is 4.52. The molecule has 1 aromatic heterocycles. The summed E-state index contributed by atoms with van der Waals surface area (Å²) in [6, 6.07) is 14.2. The predicted octanol–water partition coefficient (Wildman–Crippen LogP) is 4.23. The highest BCUT2D eigenvalue weighted by atomic mass is 19.1. The lowest BCUT2D eigenvalue weighted by atomic mass is 10.2. The summed E-state index contributed by atoms with van der Waals surface area (Å²) >= 11 is 0. The van der Waals surface area contributed by atoms with Crippen LogP contribution in [0.15, 0.2) is 60.8 Å². The zero-order valence-corrected chi connectivity index (χ0v) is 14.8. The second kappa shape index (κ2) is 8.18. The molecule has 0 bridgehead atoms. The van der Waals surface area contributed by atoms with Gasteiger partial charge < -0.3 is 20.1 Å². The van der Waals surface area contributed by atoms with E-state index in [1.807, 2.05) is 12.1 Å². The quantitative estimate of drug-likeness (QED) is 0.682. The number of nitrogens with one attached hydrogen (secondary N) is 2. The minimum atomic E-state index is -0.394. The predicted molar refractivity (Wildman–Crippen MR) is 101 cm³/mol. The van der Waals surface area contributed by atoms with E-state index in [0.29, 0.717) is 22.9 Å². The van der Waals surface area contributed by atoms with Crippen molar-refractivity contribution in [2.75, 3.05) is 24.9 Å². The van der Waals surface area contributed by atoms with Crippen LogP contribution in [-0.2, 0) is 0 Å². The van der Waals surface area contributed by atoms with Gasteiger partial charge in [-0.2, -0.15) is 0 Å². The van der Waals surface area contributed by atoms with Gasteiger partial charge in [-0.05, 0) is 48.5 Å². The molecule has 138 valence electrons. The summed E-state index contributed by atoms with van der Waals surface area (Å²) in [7, 11) is 3.16. The van der Waals surface area contributed by atoms with E-state index in [2.05, 4.69) is 15.6 Å². The zero-order chi connectivity index (χ0) is 19.2. The molecule has 2 aromatic carbocycles. The van der Waals surface area contributed by atoms with E-state index in [1.54, 1.807) is 38.6 Å². The van der Waals surface area contributed by atoms with E-state index in [0.717, 1.165) is 11.4 Å². The molecular formula is C20H18FN3O3. The molecule has 0 spiro atoms. The minimum Gasteiger partial charge on any atom is -0.497 e. The molecule has 0 unspecified atom stereocenters. The van der Waals surface area contributed by atoms with Gasteiger partial charge in [-0.15, -0.1) is 0 Å². The lowest BCUT2D eigenvalue weighted by Crippen LogP contribution is -2.12. The maximum atomic E-state index is 12.9. The van der Waals surface area contributed by atoms with Crippen LogP contribution in [0, 0.1) is 5.82 Å². The number of aromatic nitrogens is 1. The van der Waals surface area contributed by atoms with Crippen LogP contribution in [0.2, 0.25) is 0 Å². The number of ether oxygens (including phenoxy) is 2. The maximum Gasteiger partial charge on any atom is 0.256 e. The first-order chi connectivity index (χ1) is 13.1. The fourth-order valence-electron chi connectivity index (χ4n) is 2.39. The fourth-order valence-corrected chi connectivity index (χ4v) is 2.39. The average molecular weight is 367 g/mol. The summed E-state index contributed by atoms with van der Waals surface area (Å²) in [5.41, 5.74) is 1.82. The number of methoxy groups -OCH3 is 2. The largest absolute Gasteiger partial charge is 0.497 e. The van der Waals surface area contributed by atoms with Gasteiger partial charge in [-0.25, -0.2) is 9.37 Å². The number of benzene rings is 2. The van der Waals surface area contributed by atoms with Crippen molar-refractivity contribution in [2.24, 2.45) is 0 Å². The second-order valence-corrected chi connectivity index (χ2v) is 5.58. The molecule has 0 saturated heterocycles. The molecular weight excluding hydrogens is 349 g/mol. The van der Waals surface area contributed by atoms with E-state index >= 15 is 0 Å². The Kier molecular flexibility index (Phi) is 5.51. The van der Waals surface area contributed by atoms with Gasteiger partial charge in [0.05, 0.1) is 31.8 Å². The summed E-state index contributed by atoms with van der Waals surface area (Å²) in [4.78, 5) is 16.3. The van der Waals surface area contributed by atoms with E-state index < -0.39 is 5.82 Å². The second-order valence-electron chi connectivity index (χ2n) is 5.58. The Morgan fingerprint density at radius 3 is 2.41 bits per heavy atom. The molecule has 1 amide bonds. The summed E-state index contributed by atoms with van der Waals surface area (Å²) in [6.45, 7) is 0. The van der Waals surface area contributed by atoms with Crippen molar-refractivity contribution in [3.05, 3.63) is 72.2 Å². The van der Waals surface area contributed by atoms with Gasteiger partial charge in [0.1, 0.15) is 23.1 Å². The molecule has 1 heterocycles. The van der Waals surface area contributed by atoms with E-state index in [9.17, 15) is 9.18 Å². The lowest BCUT2D eigenvalue weighted by Gasteiger charge is -2.12. The van der Waals surface area contributed by atoms with Crippen LogP contribution in [0.4, 0.5) is 21.6 Å². The fraction of sp³-hybridized carbons (Fsp3) is 0.100. The van der Waals surface area contributed by atoms with Gasteiger partial charge in [-0.3, -0.25) is 4.79 Å². The zero-order valence-electron chi connectivity index (χ0n) is 14.8. The van der Waals surface area contributed by atoms with Crippen molar-refractivity contribution in [1.82, 2.24) is 4.98 Å². The van der Waals surface area contributed by atoms with Gasteiger partial charge in [0, 0.05) is 11.6 Å². The standard InChI is InChI=1S/C20H18FN3O3/c1-26-16-8-9-17(18(11-16)27-2)23-15-7-10-19(22-12-15)24-20(25)13-3-5-14(21)6-4-13/h3-12,23H,1-2H3,(H,22,24,25). The number of carbonyl (C=O) groups is 1. The first-order valence-electron chi connectivity index (χ1n) is 8.11. The van der Waals surface area contributed by atoms with Crippen molar-refractivity contribution >= 4 is 23.1 Å². The summed E-state index contributed by atoms with van der Waals surface area (Å²) in [5.74, 6) is 0.947. The maximum absolute atomic E-state index is 12.9. The minimum absolute atomic E-state index is 0.350. The molecule has 0 aliphatic heterocycles. The Morgan fingerprint density at radius 2 is 1.78 bits per heavy atom. The first-order valence-corrected chi connectivity index (χ1v) is 8.11. The van der Waals surface area contributed by atoms with Gasteiger partial charge in [-0.1, -0.05) is 0 Å². The Labute approximate surface area is 156 Å². The Balaban J connectivity index is 1.68. The van der Waals surface area contributed by atoms with Crippen LogP contribution >= 0.6 is 0 Å². The molecule has 3 aromatic rings. The molecule has 0 atom stereocenters. The number of carbonyl (C=O) groups excluding carboxylic acids is 1. The first kappa shape index (κ1) is 18.2. The normalized spacial score (nSPS) is 10.2. The number of hydrogen-bond acceptors (Lipinski definition) is 5. The SMILES string of the molecule is COc1ccc(Nc2ccc(NC(=O)c3ccc(F)cc3)nc2)c(OC)c1. The molecule has 0 aliphatic rings. The highest BCUT2D eigenvalue weighted by molar-refractivity contribution is 6.03. The number of anilines is 3. The van der Waals surface area contributed by atoms with Crippen molar-refractivity contribution in [3.8, 4) is 11.5 Å². The Hall–Kier alpha value is -3.61. The summed E-state index contributed by atoms with van der Waals surface area (Å²) in [6.07, 6.45) is 1.59. The van der Waals surface area contributed by atoms with Crippen LogP contribution in [-0.4, -0.2) is 25.1 Å². The molecule has 0 fully saturated rings. The van der Waals surface area contributed by atoms with Crippen LogP contribution in [0.5, 0.6) is 11.5 Å². The van der Waals surface area contributed by atoms with Crippen molar-refractivity contribution < 1.29 is 18.7 Å². The summed E-state index contributed by atoms with van der Waals surface area (Å²) in [5, 5.41) is 5.86. The number of halogens is 1. The van der Waals surface area contributed by atoms with Gasteiger partial charge >= 0.3 is 0 Å². The van der Waals surface area contributed by atoms with Gasteiger partial charge in [0.2, 0.25) is 0 Å². The molecule has 2 N–H and O–H groups in total.